The minimum absolute atomic E-state index is 0.288. The first kappa shape index (κ1) is 13.4. The number of hydrogen-bond acceptors (Lipinski definition) is 3. The van der Waals surface area contributed by atoms with Gasteiger partial charge < -0.3 is 5.32 Å². The molecule has 18 heavy (non-hydrogen) atoms. The van der Waals surface area contributed by atoms with E-state index in [4.69, 9.17) is 0 Å². The summed E-state index contributed by atoms with van der Waals surface area (Å²) in [5.74, 6) is 1.15. The molecule has 1 aromatic rings. The van der Waals surface area contributed by atoms with Gasteiger partial charge in [0.15, 0.2) is 5.17 Å². The third kappa shape index (κ3) is 3.73. The second-order valence-corrected chi connectivity index (χ2v) is 6.77. The van der Waals surface area contributed by atoms with Crippen LogP contribution in [0.4, 0.5) is 0 Å². The second kappa shape index (κ2) is 5.74. The Kier molecular flexibility index (Phi) is 4.27. The van der Waals surface area contributed by atoms with Gasteiger partial charge in [-0.15, -0.1) is 0 Å². The number of aliphatic imine (C=N–C) groups is 1. The van der Waals surface area contributed by atoms with Crippen molar-refractivity contribution in [1.82, 2.24) is 10.3 Å². The average Bonchev–Trinajstić information content (AvgIpc) is 2.37. The summed E-state index contributed by atoms with van der Waals surface area (Å²) < 4.78 is 0. The Balaban J connectivity index is 1.97. The maximum atomic E-state index is 4.65. The van der Waals surface area contributed by atoms with Crippen LogP contribution in [-0.4, -0.2) is 21.9 Å². The number of nitrogens with zero attached hydrogens (tertiary/aromatic N) is 2. The molecule has 98 valence electrons. The van der Waals surface area contributed by atoms with Crippen molar-refractivity contribution in [3.8, 4) is 0 Å². The van der Waals surface area contributed by atoms with Gasteiger partial charge >= 0.3 is 0 Å². The van der Waals surface area contributed by atoms with Crippen LogP contribution in [-0.2, 0) is 6.54 Å². The van der Waals surface area contributed by atoms with Crippen LogP contribution < -0.4 is 5.32 Å². The van der Waals surface area contributed by atoms with Gasteiger partial charge in [-0.3, -0.25) is 9.98 Å². The van der Waals surface area contributed by atoms with Gasteiger partial charge in [0.05, 0.1) is 6.54 Å². The molecule has 0 bridgehead atoms. The molecule has 0 aliphatic carbocycles. The molecule has 2 heterocycles. The van der Waals surface area contributed by atoms with Gasteiger partial charge in [-0.2, -0.15) is 0 Å². The summed E-state index contributed by atoms with van der Waals surface area (Å²) in [5, 5.41) is 4.63. The number of nitrogens with one attached hydrogen (secondary N) is 1. The zero-order valence-electron chi connectivity index (χ0n) is 11.3. The van der Waals surface area contributed by atoms with Crippen LogP contribution in [0.5, 0.6) is 0 Å². The van der Waals surface area contributed by atoms with Crippen molar-refractivity contribution in [2.45, 2.75) is 39.8 Å². The largest absolute Gasteiger partial charge is 0.362 e. The zero-order valence-corrected chi connectivity index (χ0v) is 12.1. The summed E-state index contributed by atoms with van der Waals surface area (Å²) in [6.07, 6.45) is 4.87. The molecule has 2 rings (SSSR count). The Hall–Kier alpha value is -1.03. The molecule has 1 fully saturated rings. The highest BCUT2D eigenvalue weighted by Gasteiger charge is 2.28. The van der Waals surface area contributed by atoms with Crippen molar-refractivity contribution in [2.24, 2.45) is 10.4 Å². The van der Waals surface area contributed by atoms with Gasteiger partial charge in [-0.25, -0.2) is 0 Å². The fourth-order valence-electron chi connectivity index (χ4n) is 1.93. The summed E-state index contributed by atoms with van der Waals surface area (Å²) in [6.45, 7) is 7.54. The zero-order chi connectivity index (χ0) is 13.0. The van der Waals surface area contributed by atoms with Crippen molar-refractivity contribution in [1.29, 1.82) is 0 Å². The topological polar surface area (TPSA) is 37.3 Å². The van der Waals surface area contributed by atoms with E-state index in [-0.39, 0.29) is 5.41 Å². The monoisotopic (exact) mass is 263 g/mol. The lowest BCUT2D eigenvalue weighted by atomic mass is 9.85. The molecule has 1 atom stereocenters. The lowest BCUT2D eigenvalue weighted by molar-refractivity contribution is 0.290. The van der Waals surface area contributed by atoms with E-state index in [2.05, 4.69) is 42.1 Å². The Morgan fingerprint density at radius 3 is 3.00 bits per heavy atom. The molecular formula is C14H21N3S. The number of thioether (sulfide) groups is 1. The van der Waals surface area contributed by atoms with E-state index in [1.165, 1.54) is 6.42 Å². The van der Waals surface area contributed by atoms with Crippen LogP contribution in [0.15, 0.2) is 29.5 Å². The molecule has 1 N–H and O–H groups in total. The molecule has 1 unspecified atom stereocenters. The lowest BCUT2D eigenvalue weighted by Crippen LogP contribution is -2.46. The smallest absolute Gasteiger partial charge is 0.157 e. The fourth-order valence-corrected chi connectivity index (χ4v) is 2.86. The van der Waals surface area contributed by atoms with E-state index in [0.29, 0.717) is 12.6 Å². The van der Waals surface area contributed by atoms with Crippen LogP contribution >= 0.6 is 11.8 Å². The number of aromatic nitrogens is 1. The highest BCUT2D eigenvalue weighted by Crippen LogP contribution is 2.27. The van der Waals surface area contributed by atoms with Crippen molar-refractivity contribution >= 4 is 16.9 Å². The van der Waals surface area contributed by atoms with Gasteiger partial charge in [0.25, 0.3) is 0 Å². The van der Waals surface area contributed by atoms with E-state index >= 15 is 0 Å². The minimum atomic E-state index is 0.288. The quantitative estimate of drug-likeness (QED) is 0.891. The average molecular weight is 263 g/mol. The SMILES string of the molecule is CC(C)(C)C1CCSC(=NCc2cccnc2)N1. The Bertz CT molecular complexity index is 409. The standard InChI is InChI=1S/C14H21N3S/c1-14(2,3)12-6-8-18-13(17-12)16-10-11-5-4-7-15-9-11/h4-5,7,9,12H,6,8,10H2,1-3H3,(H,16,17). The molecular weight excluding hydrogens is 242 g/mol. The van der Waals surface area contributed by atoms with Crippen molar-refractivity contribution in [3.05, 3.63) is 30.1 Å². The van der Waals surface area contributed by atoms with Gasteiger partial charge in [0, 0.05) is 24.2 Å². The van der Waals surface area contributed by atoms with E-state index in [9.17, 15) is 0 Å². The van der Waals surface area contributed by atoms with Gasteiger partial charge in [0.2, 0.25) is 0 Å². The third-order valence-corrected chi connectivity index (χ3v) is 4.08. The van der Waals surface area contributed by atoms with E-state index in [0.717, 1.165) is 16.5 Å². The first-order chi connectivity index (χ1) is 8.55. The van der Waals surface area contributed by atoms with E-state index in [1.807, 2.05) is 24.0 Å². The molecule has 0 saturated carbocycles. The number of hydrogen-bond donors (Lipinski definition) is 1. The normalized spacial score (nSPS) is 22.8. The molecule has 1 aliphatic rings. The maximum Gasteiger partial charge on any atom is 0.157 e. The second-order valence-electron chi connectivity index (χ2n) is 5.68. The van der Waals surface area contributed by atoms with Crippen molar-refractivity contribution in [2.75, 3.05) is 5.75 Å². The first-order valence-corrected chi connectivity index (χ1v) is 7.37. The number of rotatable bonds is 2. The Labute approximate surface area is 113 Å². The molecule has 3 nitrogen and oxygen atoms in total. The number of amidine groups is 1. The van der Waals surface area contributed by atoms with Crippen molar-refractivity contribution < 1.29 is 0 Å². The third-order valence-electron chi connectivity index (χ3n) is 3.12. The molecule has 4 heteroatoms. The van der Waals surface area contributed by atoms with Crippen LogP contribution in [0.25, 0.3) is 0 Å². The first-order valence-electron chi connectivity index (χ1n) is 6.38. The van der Waals surface area contributed by atoms with Crippen LogP contribution in [0.1, 0.15) is 32.8 Å². The summed E-state index contributed by atoms with van der Waals surface area (Å²) >= 11 is 1.82. The van der Waals surface area contributed by atoms with E-state index < -0.39 is 0 Å². The maximum absolute atomic E-state index is 4.65. The molecule has 1 aromatic heterocycles. The summed E-state index contributed by atoms with van der Waals surface area (Å²) in [7, 11) is 0. The summed E-state index contributed by atoms with van der Waals surface area (Å²) in [4.78, 5) is 8.75. The predicted octanol–water partition coefficient (Wildman–Crippen LogP) is 3.08. The highest BCUT2D eigenvalue weighted by molar-refractivity contribution is 8.13. The molecule has 0 aromatic carbocycles. The fraction of sp³-hybridized carbons (Fsp3) is 0.571. The van der Waals surface area contributed by atoms with Crippen LogP contribution in [0.3, 0.4) is 0 Å². The Morgan fingerprint density at radius 1 is 1.50 bits per heavy atom. The van der Waals surface area contributed by atoms with E-state index in [1.54, 1.807) is 6.20 Å². The number of pyridine rings is 1. The molecule has 1 saturated heterocycles. The molecule has 0 spiro atoms. The molecule has 0 amide bonds. The van der Waals surface area contributed by atoms with Crippen LogP contribution in [0, 0.1) is 5.41 Å². The van der Waals surface area contributed by atoms with Crippen LogP contribution in [0.2, 0.25) is 0 Å². The summed E-state index contributed by atoms with van der Waals surface area (Å²) in [6, 6.07) is 4.53. The van der Waals surface area contributed by atoms with Crippen molar-refractivity contribution in [3.63, 3.8) is 0 Å². The van der Waals surface area contributed by atoms with Gasteiger partial charge in [0.1, 0.15) is 0 Å². The van der Waals surface area contributed by atoms with Gasteiger partial charge in [-0.05, 0) is 23.5 Å². The molecule has 0 radical (unpaired) electrons. The Morgan fingerprint density at radius 2 is 2.33 bits per heavy atom. The minimum Gasteiger partial charge on any atom is -0.362 e. The lowest BCUT2D eigenvalue weighted by Gasteiger charge is -2.35. The predicted molar refractivity (Wildman–Crippen MR) is 78.8 cm³/mol. The van der Waals surface area contributed by atoms with Gasteiger partial charge in [-0.1, -0.05) is 38.6 Å². The molecule has 1 aliphatic heterocycles. The highest BCUT2D eigenvalue weighted by atomic mass is 32.2. The summed E-state index contributed by atoms with van der Waals surface area (Å²) in [5.41, 5.74) is 1.45.